The molecule has 17 heavy (non-hydrogen) atoms. The molecule has 0 radical (unpaired) electrons. The van der Waals surface area contributed by atoms with Crippen molar-refractivity contribution in [2.75, 3.05) is 12.4 Å². The van der Waals surface area contributed by atoms with E-state index in [0.29, 0.717) is 11.9 Å². The van der Waals surface area contributed by atoms with Gasteiger partial charge in [0.25, 0.3) is 0 Å². The van der Waals surface area contributed by atoms with Crippen LogP contribution in [0.5, 0.6) is 5.88 Å². The van der Waals surface area contributed by atoms with Gasteiger partial charge in [0.05, 0.1) is 19.0 Å². The minimum absolute atomic E-state index is 0.533. The Morgan fingerprint density at radius 1 is 1.29 bits per heavy atom. The molecule has 1 atom stereocenters. The average Bonchev–Trinajstić information content (AvgIpc) is 2.40. The van der Waals surface area contributed by atoms with E-state index in [0.717, 1.165) is 11.6 Å². The maximum absolute atomic E-state index is 5.05. The fraction of sp³-hybridized carbons (Fsp3) is 0.643. The zero-order valence-corrected chi connectivity index (χ0v) is 10.8. The summed E-state index contributed by atoms with van der Waals surface area (Å²) in [4.78, 5) is 4.21. The summed E-state index contributed by atoms with van der Waals surface area (Å²) < 4.78 is 5.05. The van der Waals surface area contributed by atoms with Crippen molar-refractivity contribution in [2.24, 2.45) is 5.92 Å². The lowest BCUT2D eigenvalue weighted by Crippen LogP contribution is -2.27. The van der Waals surface area contributed by atoms with Crippen molar-refractivity contribution in [1.29, 1.82) is 0 Å². The van der Waals surface area contributed by atoms with Crippen molar-refractivity contribution < 1.29 is 4.74 Å². The van der Waals surface area contributed by atoms with E-state index < -0.39 is 0 Å². The molecular weight excluding hydrogens is 212 g/mol. The topological polar surface area (TPSA) is 34.1 Å². The number of nitrogens with one attached hydrogen (secondary N) is 1. The molecule has 3 heteroatoms. The van der Waals surface area contributed by atoms with Gasteiger partial charge in [-0.2, -0.15) is 0 Å². The summed E-state index contributed by atoms with van der Waals surface area (Å²) in [6.07, 6.45) is 8.75. The standard InChI is InChI=1S/C14H22N2O/c1-11(12-6-4-3-5-7-12)16-13-8-9-14(17-2)15-10-13/h8-12,16H,3-7H2,1-2H3. The Balaban J connectivity index is 1.89. The lowest BCUT2D eigenvalue weighted by Gasteiger charge is -2.28. The van der Waals surface area contributed by atoms with E-state index in [-0.39, 0.29) is 0 Å². The fourth-order valence-corrected chi connectivity index (χ4v) is 2.60. The van der Waals surface area contributed by atoms with Gasteiger partial charge in [-0.1, -0.05) is 19.3 Å². The van der Waals surface area contributed by atoms with Gasteiger partial charge in [0.1, 0.15) is 0 Å². The van der Waals surface area contributed by atoms with Crippen molar-refractivity contribution in [3.05, 3.63) is 18.3 Å². The maximum Gasteiger partial charge on any atom is 0.213 e. The number of hydrogen-bond acceptors (Lipinski definition) is 3. The van der Waals surface area contributed by atoms with Gasteiger partial charge in [0, 0.05) is 12.1 Å². The van der Waals surface area contributed by atoms with Crippen molar-refractivity contribution in [2.45, 2.75) is 45.1 Å². The molecule has 1 N–H and O–H groups in total. The highest BCUT2D eigenvalue weighted by atomic mass is 16.5. The third kappa shape index (κ3) is 3.35. The van der Waals surface area contributed by atoms with E-state index in [1.54, 1.807) is 7.11 Å². The molecule has 0 amide bonds. The first kappa shape index (κ1) is 12.2. The number of hydrogen-bond donors (Lipinski definition) is 1. The van der Waals surface area contributed by atoms with Crippen LogP contribution in [-0.4, -0.2) is 18.1 Å². The molecule has 1 aromatic rings. The molecule has 1 heterocycles. The molecule has 0 aliphatic heterocycles. The van der Waals surface area contributed by atoms with Gasteiger partial charge in [-0.15, -0.1) is 0 Å². The summed E-state index contributed by atoms with van der Waals surface area (Å²) in [5, 5.41) is 3.54. The van der Waals surface area contributed by atoms with Gasteiger partial charge in [-0.05, 0) is 31.7 Å². The lowest BCUT2D eigenvalue weighted by molar-refractivity contribution is 0.328. The van der Waals surface area contributed by atoms with Crippen LogP contribution in [0.15, 0.2) is 18.3 Å². The predicted octanol–water partition coefficient (Wildman–Crippen LogP) is 3.47. The largest absolute Gasteiger partial charge is 0.481 e. The van der Waals surface area contributed by atoms with Gasteiger partial charge < -0.3 is 10.1 Å². The summed E-state index contributed by atoms with van der Waals surface area (Å²) in [7, 11) is 1.64. The molecular formula is C14H22N2O. The van der Waals surface area contributed by atoms with E-state index in [1.165, 1.54) is 32.1 Å². The summed E-state index contributed by atoms with van der Waals surface area (Å²) in [6, 6.07) is 4.46. The lowest BCUT2D eigenvalue weighted by atomic mass is 9.84. The zero-order chi connectivity index (χ0) is 12.1. The highest BCUT2D eigenvalue weighted by Crippen LogP contribution is 2.28. The molecule has 1 saturated carbocycles. The Labute approximate surface area is 104 Å². The van der Waals surface area contributed by atoms with Gasteiger partial charge in [0.15, 0.2) is 0 Å². The normalized spacial score (nSPS) is 18.7. The van der Waals surface area contributed by atoms with Crippen molar-refractivity contribution in [3.8, 4) is 5.88 Å². The van der Waals surface area contributed by atoms with Crippen LogP contribution in [0, 0.1) is 5.92 Å². The SMILES string of the molecule is COc1ccc(NC(C)C2CCCCC2)cn1. The number of nitrogens with zero attached hydrogens (tertiary/aromatic N) is 1. The Kier molecular flexibility index (Phi) is 4.24. The maximum atomic E-state index is 5.05. The number of ether oxygens (including phenoxy) is 1. The fourth-order valence-electron chi connectivity index (χ4n) is 2.60. The Hall–Kier alpha value is -1.25. The second-order valence-corrected chi connectivity index (χ2v) is 4.92. The van der Waals surface area contributed by atoms with E-state index in [1.807, 2.05) is 18.3 Å². The molecule has 94 valence electrons. The first-order chi connectivity index (χ1) is 8.29. The molecule has 1 fully saturated rings. The Morgan fingerprint density at radius 3 is 2.65 bits per heavy atom. The van der Waals surface area contributed by atoms with Crippen LogP contribution in [0.4, 0.5) is 5.69 Å². The first-order valence-corrected chi connectivity index (χ1v) is 6.56. The summed E-state index contributed by atoms with van der Waals surface area (Å²) in [6.45, 7) is 2.28. The molecule has 1 unspecified atom stereocenters. The summed E-state index contributed by atoms with van der Waals surface area (Å²) in [5.41, 5.74) is 1.09. The zero-order valence-electron chi connectivity index (χ0n) is 10.8. The molecule has 3 nitrogen and oxygen atoms in total. The van der Waals surface area contributed by atoms with Gasteiger partial charge in [-0.25, -0.2) is 4.98 Å². The van der Waals surface area contributed by atoms with E-state index in [2.05, 4.69) is 17.2 Å². The monoisotopic (exact) mass is 234 g/mol. The smallest absolute Gasteiger partial charge is 0.213 e. The number of methoxy groups -OCH3 is 1. The number of anilines is 1. The van der Waals surface area contributed by atoms with Crippen LogP contribution in [-0.2, 0) is 0 Å². The molecule has 1 aromatic heterocycles. The third-order valence-corrected chi connectivity index (χ3v) is 3.70. The molecule has 0 saturated heterocycles. The number of aromatic nitrogens is 1. The second-order valence-electron chi connectivity index (χ2n) is 4.92. The Bertz CT molecular complexity index is 331. The molecule has 1 aliphatic rings. The predicted molar refractivity (Wildman–Crippen MR) is 70.4 cm³/mol. The number of pyridine rings is 1. The van der Waals surface area contributed by atoms with Gasteiger partial charge in [-0.3, -0.25) is 0 Å². The summed E-state index contributed by atoms with van der Waals surface area (Å²) in [5.74, 6) is 1.48. The molecule has 0 aromatic carbocycles. The second kappa shape index (κ2) is 5.89. The van der Waals surface area contributed by atoms with E-state index >= 15 is 0 Å². The van der Waals surface area contributed by atoms with Crippen molar-refractivity contribution in [1.82, 2.24) is 4.98 Å². The van der Waals surface area contributed by atoms with Crippen LogP contribution in [0.2, 0.25) is 0 Å². The van der Waals surface area contributed by atoms with Crippen LogP contribution in [0.3, 0.4) is 0 Å². The molecule has 1 aliphatic carbocycles. The van der Waals surface area contributed by atoms with Gasteiger partial charge >= 0.3 is 0 Å². The van der Waals surface area contributed by atoms with Crippen molar-refractivity contribution in [3.63, 3.8) is 0 Å². The van der Waals surface area contributed by atoms with Crippen LogP contribution in [0.25, 0.3) is 0 Å². The Morgan fingerprint density at radius 2 is 2.06 bits per heavy atom. The quantitative estimate of drug-likeness (QED) is 0.866. The van der Waals surface area contributed by atoms with Crippen LogP contribution >= 0.6 is 0 Å². The van der Waals surface area contributed by atoms with Gasteiger partial charge in [0.2, 0.25) is 5.88 Å². The molecule has 0 bridgehead atoms. The average molecular weight is 234 g/mol. The molecule has 0 spiro atoms. The third-order valence-electron chi connectivity index (χ3n) is 3.70. The highest BCUT2D eigenvalue weighted by Gasteiger charge is 2.19. The van der Waals surface area contributed by atoms with Crippen LogP contribution in [0.1, 0.15) is 39.0 Å². The minimum Gasteiger partial charge on any atom is -0.481 e. The van der Waals surface area contributed by atoms with E-state index in [9.17, 15) is 0 Å². The van der Waals surface area contributed by atoms with Crippen LogP contribution < -0.4 is 10.1 Å². The number of rotatable bonds is 4. The van der Waals surface area contributed by atoms with E-state index in [4.69, 9.17) is 4.74 Å². The molecule has 2 rings (SSSR count). The minimum atomic E-state index is 0.533. The van der Waals surface area contributed by atoms with Crippen molar-refractivity contribution >= 4 is 5.69 Å². The highest BCUT2D eigenvalue weighted by molar-refractivity contribution is 5.42. The summed E-state index contributed by atoms with van der Waals surface area (Å²) >= 11 is 0. The first-order valence-electron chi connectivity index (χ1n) is 6.56.